The second-order valence-electron chi connectivity index (χ2n) is 5.19. The fraction of sp³-hybridized carbons (Fsp3) is 0.333. The maximum Gasteiger partial charge on any atom is 0.238 e. The summed E-state index contributed by atoms with van der Waals surface area (Å²) < 4.78 is 22.8. The quantitative estimate of drug-likeness (QED) is 0.858. The topological polar surface area (TPSA) is 72.2 Å². The molecule has 3 N–H and O–H groups in total. The number of primary sulfonamides is 1. The van der Waals surface area contributed by atoms with Gasteiger partial charge in [0.1, 0.15) is 0 Å². The van der Waals surface area contributed by atoms with Crippen LogP contribution in [0.5, 0.6) is 0 Å². The average Bonchev–Trinajstić information content (AvgIpc) is 2.90. The van der Waals surface area contributed by atoms with Gasteiger partial charge in [0, 0.05) is 17.0 Å². The lowest BCUT2D eigenvalue weighted by atomic mass is 10.1. The van der Waals surface area contributed by atoms with Gasteiger partial charge in [0.25, 0.3) is 0 Å². The van der Waals surface area contributed by atoms with Gasteiger partial charge in [0.05, 0.1) is 4.90 Å². The molecule has 1 aromatic heterocycles. The number of rotatable bonds is 6. The van der Waals surface area contributed by atoms with E-state index in [9.17, 15) is 8.42 Å². The van der Waals surface area contributed by atoms with Crippen molar-refractivity contribution in [3.05, 3.63) is 52.2 Å². The Hall–Kier alpha value is -1.21. The molecule has 114 valence electrons. The molecule has 1 aromatic carbocycles. The summed E-state index contributed by atoms with van der Waals surface area (Å²) in [5.74, 6) is 0. The highest BCUT2D eigenvalue weighted by Crippen LogP contribution is 2.18. The van der Waals surface area contributed by atoms with E-state index in [0.717, 1.165) is 12.0 Å². The fourth-order valence-electron chi connectivity index (χ4n) is 2.27. The Morgan fingerprint density at radius 2 is 2.00 bits per heavy atom. The van der Waals surface area contributed by atoms with Crippen molar-refractivity contribution >= 4 is 21.4 Å². The summed E-state index contributed by atoms with van der Waals surface area (Å²) in [6.07, 6.45) is 0.955. The van der Waals surface area contributed by atoms with E-state index in [1.54, 1.807) is 23.5 Å². The number of benzene rings is 1. The molecule has 0 saturated carbocycles. The zero-order valence-electron chi connectivity index (χ0n) is 12.1. The summed E-state index contributed by atoms with van der Waals surface area (Å²) >= 11 is 1.74. The first kappa shape index (κ1) is 16.2. The summed E-state index contributed by atoms with van der Waals surface area (Å²) in [6.45, 7) is 4.15. The lowest BCUT2D eigenvalue weighted by Crippen LogP contribution is -2.30. The van der Waals surface area contributed by atoms with Crippen molar-refractivity contribution in [3.8, 4) is 0 Å². The van der Waals surface area contributed by atoms with Gasteiger partial charge in [-0.05, 0) is 49.4 Å². The predicted molar refractivity (Wildman–Crippen MR) is 86.9 cm³/mol. The minimum absolute atomic E-state index is 0.0571. The van der Waals surface area contributed by atoms with Crippen molar-refractivity contribution in [1.82, 2.24) is 5.32 Å². The monoisotopic (exact) mass is 324 g/mol. The summed E-state index contributed by atoms with van der Waals surface area (Å²) in [7, 11) is -3.65. The van der Waals surface area contributed by atoms with Gasteiger partial charge in [0.2, 0.25) is 10.0 Å². The Morgan fingerprint density at radius 1 is 1.24 bits per heavy atom. The number of hydrogen-bond acceptors (Lipinski definition) is 4. The molecular formula is C15H20N2O2S2. The van der Waals surface area contributed by atoms with E-state index >= 15 is 0 Å². The Bertz CT molecular complexity index is 681. The standard InChI is InChI=1S/C15H20N2O2S2/c1-11(9-14-6-4-8-20-14)17-12(2)13-5-3-7-15(10-13)21(16,18)19/h3-8,10-12,17H,9H2,1-2H3,(H2,16,18,19). The van der Waals surface area contributed by atoms with Crippen molar-refractivity contribution in [1.29, 1.82) is 0 Å². The van der Waals surface area contributed by atoms with Crippen LogP contribution in [0, 0.1) is 0 Å². The van der Waals surface area contributed by atoms with E-state index in [1.807, 2.05) is 19.1 Å². The van der Waals surface area contributed by atoms with Gasteiger partial charge in [-0.1, -0.05) is 18.2 Å². The zero-order valence-corrected chi connectivity index (χ0v) is 13.7. The summed E-state index contributed by atoms with van der Waals surface area (Å²) in [6, 6.07) is 11.3. The smallest absolute Gasteiger partial charge is 0.238 e. The van der Waals surface area contributed by atoms with Gasteiger partial charge in [-0.3, -0.25) is 0 Å². The van der Waals surface area contributed by atoms with E-state index in [-0.39, 0.29) is 10.9 Å². The summed E-state index contributed by atoms with van der Waals surface area (Å²) in [5.41, 5.74) is 0.916. The molecule has 0 spiro atoms. The van der Waals surface area contributed by atoms with Gasteiger partial charge in [-0.25, -0.2) is 13.6 Å². The van der Waals surface area contributed by atoms with E-state index in [0.29, 0.717) is 6.04 Å². The van der Waals surface area contributed by atoms with Gasteiger partial charge < -0.3 is 5.32 Å². The highest BCUT2D eigenvalue weighted by atomic mass is 32.2. The zero-order chi connectivity index (χ0) is 15.5. The fourth-order valence-corrected chi connectivity index (χ4v) is 3.68. The van der Waals surface area contributed by atoms with Crippen LogP contribution < -0.4 is 10.5 Å². The molecule has 0 saturated heterocycles. The van der Waals surface area contributed by atoms with E-state index in [2.05, 4.69) is 23.7 Å². The largest absolute Gasteiger partial charge is 0.307 e. The molecule has 4 nitrogen and oxygen atoms in total. The maximum absolute atomic E-state index is 11.4. The van der Waals surface area contributed by atoms with Crippen LogP contribution >= 0.6 is 11.3 Å². The van der Waals surface area contributed by atoms with Crippen molar-refractivity contribution in [2.45, 2.75) is 37.2 Å². The third kappa shape index (κ3) is 4.64. The molecule has 0 fully saturated rings. The number of sulfonamides is 1. The van der Waals surface area contributed by atoms with Gasteiger partial charge >= 0.3 is 0 Å². The molecule has 0 amide bonds. The normalized spacial score (nSPS) is 14.8. The molecule has 0 bridgehead atoms. The lowest BCUT2D eigenvalue weighted by molar-refractivity contribution is 0.478. The third-order valence-electron chi connectivity index (χ3n) is 3.31. The molecule has 0 aliphatic carbocycles. The minimum atomic E-state index is -3.65. The van der Waals surface area contributed by atoms with Crippen molar-refractivity contribution in [2.24, 2.45) is 5.14 Å². The first-order valence-electron chi connectivity index (χ1n) is 6.77. The molecular weight excluding hydrogens is 304 g/mol. The summed E-state index contributed by atoms with van der Waals surface area (Å²) in [5, 5.41) is 10.7. The minimum Gasteiger partial charge on any atom is -0.307 e. The van der Waals surface area contributed by atoms with Crippen molar-refractivity contribution in [2.75, 3.05) is 0 Å². The van der Waals surface area contributed by atoms with Gasteiger partial charge in [0.15, 0.2) is 0 Å². The Kier molecular flexibility index (Phi) is 5.16. The number of thiophene rings is 1. The molecule has 21 heavy (non-hydrogen) atoms. The molecule has 0 radical (unpaired) electrons. The van der Waals surface area contributed by atoms with Crippen LogP contribution in [0.2, 0.25) is 0 Å². The molecule has 2 rings (SSSR count). The summed E-state index contributed by atoms with van der Waals surface area (Å²) in [4.78, 5) is 1.49. The first-order valence-corrected chi connectivity index (χ1v) is 9.20. The van der Waals surface area contributed by atoms with Gasteiger partial charge in [-0.15, -0.1) is 11.3 Å². The van der Waals surface area contributed by atoms with Crippen molar-refractivity contribution in [3.63, 3.8) is 0 Å². The average molecular weight is 324 g/mol. The molecule has 2 unspecified atom stereocenters. The van der Waals surface area contributed by atoms with Crippen LogP contribution in [0.3, 0.4) is 0 Å². The highest BCUT2D eigenvalue weighted by Gasteiger charge is 2.13. The van der Waals surface area contributed by atoms with Crippen LogP contribution in [-0.2, 0) is 16.4 Å². The van der Waals surface area contributed by atoms with Crippen molar-refractivity contribution < 1.29 is 8.42 Å². The molecule has 6 heteroatoms. The maximum atomic E-state index is 11.4. The molecule has 2 atom stereocenters. The Balaban J connectivity index is 2.04. The van der Waals surface area contributed by atoms with Crippen LogP contribution in [0.15, 0.2) is 46.7 Å². The van der Waals surface area contributed by atoms with Crippen LogP contribution in [0.4, 0.5) is 0 Å². The van der Waals surface area contributed by atoms with E-state index < -0.39 is 10.0 Å². The van der Waals surface area contributed by atoms with Crippen LogP contribution in [-0.4, -0.2) is 14.5 Å². The Morgan fingerprint density at radius 3 is 2.62 bits per heavy atom. The molecule has 1 heterocycles. The SMILES string of the molecule is CC(Cc1cccs1)NC(C)c1cccc(S(N)(=O)=O)c1. The second kappa shape index (κ2) is 6.70. The van der Waals surface area contributed by atoms with E-state index in [1.165, 1.54) is 10.9 Å². The van der Waals surface area contributed by atoms with Crippen LogP contribution in [0.1, 0.15) is 30.3 Å². The van der Waals surface area contributed by atoms with E-state index in [4.69, 9.17) is 5.14 Å². The molecule has 2 aromatic rings. The first-order chi connectivity index (χ1) is 9.86. The number of nitrogens with one attached hydrogen (secondary N) is 1. The predicted octanol–water partition coefficient (Wildman–Crippen LogP) is 2.68. The third-order valence-corrected chi connectivity index (χ3v) is 5.12. The Labute approximate surface area is 130 Å². The number of hydrogen-bond donors (Lipinski definition) is 2. The molecule has 0 aliphatic rings. The highest BCUT2D eigenvalue weighted by molar-refractivity contribution is 7.89. The van der Waals surface area contributed by atoms with Gasteiger partial charge in [-0.2, -0.15) is 0 Å². The lowest BCUT2D eigenvalue weighted by Gasteiger charge is -2.20. The van der Waals surface area contributed by atoms with Crippen LogP contribution in [0.25, 0.3) is 0 Å². The molecule has 0 aliphatic heterocycles. The number of nitrogens with two attached hydrogens (primary N) is 1. The second-order valence-corrected chi connectivity index (χ2v) is 7.78.